The van der Waals surface area contributed by atoms with Crippen molar-refractivity contribution in [1.29, 1.82) is 0 Å². The molecule has 0 aromatic rings. The third-order valence-corrected chi connectivity index (χ3v) is 4.84. The van der Waals surface area contributed by atoms with Crippen LogP contribution in [0, 0.1) is 17.8 Å². The number of hydrogen-bond acceptors (Lipinski definition) is 2. The maximum absolute atomic E-state index is 6.31. The first-order chi connectivity index (χ1) is 8.91. The fourth-order valence-electron chi connectivity index (χ4n) is 3.35. The van der Waals surface area contributed by atoms with E-state index < -0.39 is 0 Å². The van der Waals surface area contributed by atoms with Crippen molar-refractivity contribution in [3.63, 3.8) is 0 Å². The second kappa shape index (κ2) is 7.64. The van der Waals surface area contributed by atoms with Crippen LogP contribution in [0.2, 0.25) is 0 Å². The third kappa shape index (κ3) is 5.07. The topological polar surface area (TPSA) is 18.5 Å². The number of methoxy groups -OCH3 is 1. The molecular formula is C17H34O2. The van der Waals surface area contributed by atoms with Crippen LogP contribution in [0.3, 0.4) is 0 Å². The first-order valence-corrected chi connectivity index (χ1v) is 8.08. The van der Waals surface area contributed by atoms with Gasteiger partial charge in [0.15, 0.2) is 0 Å². The Kier molecular flexibility index (Phi) is 6.82. The van der Waals surface area contributed by atoms with Gasteiger partial charge in [-0.25, -0.2) is 0 Å². The molecule has 1 fully saturated rings. The first-order valence-electron chi connectivity index (χ1n) is 8.08. The van der Waals surface area contributed by atoms with Crippen molar-refractivity contribution in [2.45, 2.75) is 78.4 Å². The Balaban J connectivity index is 2.56. The van der Waals surface area contributed by atoms with Crippen LogP contribution in [0.15, 0.2) is 0 Å². The summed E-state index contributed by atoms with van der Waals surface area (Å²) in [5.41, 5.74) is -0.114. The first kappa shape index (κ1) is 17.0. The van der Waals surface area contributed by atoms with Crippen molar-refractivity contribution < 1.29 is 9.47 Å². The van der Waals surface area contributed by atoms with E-state index in [4.69, 9.17) is 9.47 Å². The molecule has 114 valence electrons. The Morgan fingerprint density at radius 1 is 1.26 bits per heavy atom. The van der Waals surface area contributed by atoms with E-state index in [0.29, 0.717) is 6.10 Å². The van der Waals surface area contributed by atoms with Crippen molar-refractivity contribution in [3.8, 4) is 0 Å². The summed E-state index contributed by atoms with van der Waals surface area (Å²) in [6, 6.07) is 0. The average Bonchev–Trinajstić information content (AvgIpc) is 2.36. The lowest BCUT2D eigenvalue weighted by molar-refractivity contribution is -0.118. The van der Waals surface area contributed by atoms with Crippen LogP contribution in [0.1, 0.15) is 66.7 Å². The Morgan fingerprint density at radius 2 is 1.95 bits per heavy atom. The summed E-state index contributed by atoms with van der Waals surface area (Å²) in [5, 5.41) is 0. The van der Waals surface area contributed by atoms with Crippen LogP contribution >= 0.6 is 0 Å². The van der Waals surface area contributed by atoms with Gasteiger partial charge in [0.1, 0.15) is 0 Å². The van der Waals surface area contributed by atoms with Gasteiger partial charge in [-0.1, -0.05) is 40.5 Å². The molecule has 1 aliphatic rings. The van der Waals surface area contributed by atoms with E-state index in [1.165, 1.54) is 19.3 Å². The quantitative estimate of drug-likeness (QED) is 0.669. The molecule has 4 unspecified atom stereocenters. The minimum absolute atomic E-state index is 0.114. The van der Waals surface area contributed by atoms with E-state index in [1.54, 1.807) is 0 Å². The summed E-state index contributed by atoms with van der Waals surface area (Å²) < 4.78 is 12.0. The lowest BCUT2D eigenvalue weighted by Gasteiger charge is -2.39. The van der Waals surface area contributed by atoms with Gasteiger partial charge in [-0.3, -0.25) is 0 Å². The molecule has 1 aliphatic carbocycles. The highest BCUT2D eigenvalue weighted by Crippen LogP contribution is 2.36. The molecule has 0 N–H and O–H groups in total. The summed E-state index contributed by atoms with van der Waals surface area (Å²) in [6.07, 6.45) is 6.53. The largest absolute Gasteiger partial charge is 0.376 e. The van der Waals surface area contributed by atoms with E-state index >= 15 is 0 Å². The number of ether oxygens (including phenoxy) is 2. The molecule has 0 radical (unpaired) electrons. The van der Waals surface area contributed by atoms with Crippen LogP contribution in [0.4, 0.5) is 0 Å². The molecule has 0 amide bonds. The van der Waals surface area contributed by atoms with Gasteiger partial charge in [0, 0.05) is 7.11 Å². The van der Waals surface area contributed by atoms with Gasteiger partial charge in [0.2, 0.25) is 0 Å². The summed E-state index contributed by atoms with van der Waals surface area (Å²) in [6.45, 7) is 12.1. The van der Waals surface area contributed by atoms with Crippen LogP contribution in [-0.4, -0.2) is 25.4 Å². The zero-order chi connectivity index (χ0) is 14.5. The zero-order valence-corrected chi connectivity index (χ0v) is 13.9. The second-order valence-corrected chi connectivity index (χ2v) is 7.08. The Bertz CT molecular complexity index is 252. The zero-order valence-electron chi connectivity index (χ0n) is 13.9. The Hall–Kier alpha value is -0.0800. The predicted octanol–water partition coefficient (Wildman–Crippen LogP) is 4.67. The van der Waals surface area contributed by atoms with Crippen LogP contribution < -0.4 is 0 Å². The molecule has 0 heterocycles. The predicted molar refractivity (Wildman–Crippen MR) is 81.4 cm³/mol. The highest BCUT2D eigenvalue weighted by atomic mass is 16.5. The normalized spacial score (nSPS) is 31.4. The molecule has 0 bridgehead atoms. The molecule has 0 aliphatic heterocycles. The van der Waals surface area contributed by atoms with Crippen molar-refractivity contribution in [2.24, 2.45) is 17.8 Å². The van der Waals surface area contributed by atoms with Crippen molar-refractivity contribution in [1.82, 2.24) is 0 Å². The van der Waals surface area contributed by atoms with E-state index in [0.717, 1.165) is 37.2 Å². The molecule has 2 heteroatoms. The molecule has 4 atom stereocenters. The minimum atomic E-state index is -0.114. The highest BCUT2D eigenvalue weighted by Gasteiger charge is 2.33. The molecule has 0 spiro atoms. The molecule has 0 aromatic heterocycles. The van der Waals surface area contributed by atoms with E-state index in [1.807, 2.05) is 7.11 Å². The Labute approximate surface area is 120 Å². The average molecular weight is 270 g/mol. The van der Waals surface area contributed by atoms with E-state index in [-0.39, 0.29) is 5.60 Å². The molecule has 0 aromatic carbocycles. The molecule has 2 nitrogen and oxygen atoms in total. The fraction of sp³-hybridized carbons (Fsp3) is 1.00. The van der Waals surface area contributed by atoms with Gasteiger partial charge in [-0.15, -0.1) is 0 Å². The number of hydrogen-bond donors (Lipinski definition) is 0. The van der Waals surface area contributed by atoms with Crippen molar-refractivity contribution in [3.05, 3.63) is 0 Å². The van der Waals surface area contributed by atoms with Crippen molar-refractivity contribution >= 4 is 0 Å². The summed E-state index contributed by atoms with van der Waals surface area (Å²) in [7, 11) is 1.81. The Morgan fingerprint density at radius 3 is 2.47 bits per heavy atom. The molecule has 19 heavy (non-hydrogen) atoms. The van der Waals surface area contributed by atoms with Gasteiger partial charge < -0.3 is 9.47 Å². The maximum Gasteiger partial charge on any atom is 0.0883 e. The lowest BCUT2D eigenvalue weighted by Crippen LogP contribution is -2.40. The van der Waals surface area contributed by atoms with E-state index in [9.17, 15) is 0 Å². The maximum atomic E-state index is 6.31. The summed E-state index contributed by atoms with van der Waals surface area (Å²) in [5.74, 6) is 2.25. The van der Waals surface area contributed by atoms with Crippen LogP contribution in [-0.2, 0) is 9.47 Å². The highest BCUT2D eigenvalue weighted by molar-refractivity contribution is 4.83. The van der Waals surface area contributed by atoms with E-state index in [2.05, 4.69) is 34.6 Å². The lowest BCUT2D eigenvalue weighted by atomic mass is 9.75. The molecule has 1 saturated carbocycles. The molecule has 1 rings (SSSR count). The SMILES string of the molecule is CCCC(C)(COC1CC(C)CCC1C(C)C)OC. The summed E-state index contributed by atoms with van der Waals surface area (Å²) >= 11 is 0. The van der Waals surface area contributed by atoms with Crippen LogP contribution in [0.25, 0.3) is 0 Å². The number of rotatable bonds is 7. The summed E-state index contributed by atoms with van der Waals surface area (Å²) in [4.78, 5) is 0. The monoisotopic (exact) mass is 270 g/mol. The smallest absolute Gasteiger partial charge is 0.0883 e. The molecule has 0 saturated heterocycles. The molecular weight excluding hydrogens is 236 g/mol. The van der Waals surface area contributed by atoms with Gasteiger partial charge in [-0.2, -0.15) is 0 Å². The third-order valence-electron chi connectivity index (χ3n) is 4.84. The second-order valence-electron chi connectivity index (χ2n) is 7.08. The van der Waals surface area contributed by atoms with Crippen molar-refractivity contribution in [2.75, 3.05) is 13.7 Å². The standard InChI is InChI=1S/C17H34O2/c1-7-10-17(5,18-6)12-19-16-11-14(4)8-9-15(16)13(2)3/h13-16H,7-12H2,1-6H3. The minimum Gasteiger partial charge on any atom is -0.376 e. The van der Waals surface area contributed by atoms with Gasteiger partial charge >= 0.3 is 0 Å². The van der Waals surface area contributed by atoms with Gasteiger partial charge in [-0.05, 0) is 43.9 Å². The van der Waals surface area contributed by atoms with Gasteiger partial charge in [0.25, 0.3) is 0 Å². The van der Waals surface area contributed by atoms with Gasteiger partial charge in [0.05, 0.1) is 18.3 Å². The fourth-order valence-corrected chi connectivity index (χ4v) is 3.35. The van der Waals surface area contributed by atoms with Crippen LogP contribution in [0.5, 0.6) is 0 Å².